The molecule has 0 nitrogen and oxygen atoms in total. The lowest BCUT2D eigenvalue weighted by Crippen LogP contribution is -2.41. The number of rotatable bonds is 2. The zero-order chi connectivity index (χ0) is 16.7. The summed E-state index contributed by atoms with van der Waals surface area (Å²) < 4.78 is 0. The summed E-state index contributed by atoms with van der Waals surface area (Å²) in [5, 5.41) is 0. The summed E-state index contributed by atoms with van der Waals surface area (Å²) in [5.41, 5.74) is 0. The van der Waals surface area contributed by atoms with Gasteiger partial charge < -0.3 is 0 Å². The fourth-order valence-corrected chi connectivity index (χ4v) is 7.86. The van der Waals surface area contributed by atoms with Crippen LogP contribution in [0.1, 0.15) is 97.8 Å². The molecular formula is C24H42. The van der Waals surface area contributed by atoms with Crippen LogP contribution in [0.5, 0.6) is 0 Å². The largest absolute Gasteiger partial charge is 0.0625 e. The van der Waals surface area contributed by atoms with E-state index in [0.29, 0.717) is 0 Å². The Morgan fingerprint density at radius 3 is 1.46 bits per heavy atom. The first-order valence-corrected chi connectivity index (χ1v) is 11.6. The van der Waals surface area contributed by atoms with Gasteiger partial charge in [0.1, 0.15) is 0 Å². The monoisotopic (exact) mass is 330 g/mol. The summed E-state index contributed by atoms with van der Waals surface area (Å²) in [6.07, 6.45) is 18.7. The molecule has 0 aliphatic heterocycles. The van der Waals surface area contributed by atoms with Gasteiger partial charge in [0.05, 0.1) is 0 Å². The molecule has 24 heavy (non-hydrogen) atoms. The molecule has 4 aliphatic rings. The van der Waals surface area contributed by atoms with Crippen LogP contribution in [0, 0.1) is 53.3 Å². The lowest BCUT2D eigenvalue weighted by molar-refractivity contribution is 0.00359. The van der Waals surface area contributed by atoms with Crippen LogP contribution in [0.3, 0.4) is 0 Å². The third-order valence-corrected chi connectivity index (χ3v) is 9.32. The molecule has 0 aromatic heterocycles. The van der Waals surface area contributed by atoms with E-state index in [2.05, 4.69) is 20.8 Å². The Morgan fingerprint density at radius 1 is 0.417 bits per heavy atom. The Balaban J connectivity index is 1.45. The maximum atomic E-state index is 2.62. The second-order valence-corrected chi connectivity index (χ2v) is 10.7. The molecule has 0 amide bonds. The summed E-state index contributed by atoms with van der Waals surface area (Å²) >= 11 is 0. The highest BCUT2D eigenvalue weighted by Crippen LogP contribution is 2.58. The minimum atomic E-state index is 1.01. The molecule has 0 radical (unpaired) electrons. The Morgan fingerprint density at radius 2 is 0.875 bits per heavy atom. The van der Waals surface area contributed by atoms with Crippen molar-refractivity contribution in [2.45, 2.75) is 97.8 Å². The summed E-state index contributed by atoms with van der Waals surface area (Å²) in [6, 6.07) is 0. The molecule has 5 atom stereocenters. The standard InChI is InChI=1S/C24H42/c1-16-4-9-19(10-5-16)21-14-15-22(20-11-6-17(2)7-12-20)24-18(3)8-13-23(21)24/h16-24H,4-15H2,1-3H3. The molecule has 4 aliphatic carbocycles. The molecule has 0 aromatic carbocycles. The van der Waals surface area contributed by atoms with Crippen LogP contribution in [-0.4, -0.2) is 0 Å². The van der Waals surface area contributed by atoms with Gasteiger partial charge in [0, 0.05) is 0 Å². The summed E-state index contributed by atoms with van der Waals surface area (Å²) in [4.78, 5) is 0. The zero-order valence-corrected chi connectivity index (χ0v) is 16.7. The van der Waals surface area contributed by atoms with Crippen molar-refractivity contribution in [3.8, 4) is 0 Å². The summed E-state index contributed by atoms with van der Waals surface area (Å²) in [6.45, 7) is 7.59. The van der Waals surface area contributed by atoms with Crippen molar-refractivity contribution in [1.82, 2.24) is 0 Å². The van der Waals surface area contributed by atoms with Gasteiger partial charge in [-0.3, -0.25) is 0 Å². The third kappa shape index (κ3) is 3.33. The van der Waals surface area contributed by atoms with Crippen molar-refractivity contribution in [2.75, 3.05) is 0 Å². The molecule has 4 rings (SSSR count). The first kappa shape index (κ1) is 17.4. The lowest BCUT2D eigenvalue weighted by atomic mass is 9.56. The molecule has 0 aromatic rings. The van der Waals surface area contributed by atoms with E-state index in [1.54, 1.807) is 51.4 Å². The predicted molar refractivity (Wildman–Crippen MR) is 104 cm³/mol. The van der Waals surface area contributed by atoms with Crippen molar-refractivity contribution in [3.63, 3.8) is 0 Å². The van der Waals surface area contributed by atoms with Crippen LogP contribution in [0.15, 0.2) is 0 Å². The maximum absolute atomic E-state index is 2.62. The molecule has 0 spiro atoms. The Labute approximate surface area is 151 Å². The molecule has 0 heterocycles. The third-order valence-electron chi connectivity index (χ3n) is 9.32. The van der Waals surface area contributed by atoms with Crippen LogP contribution in [-0.2, 0) is 0 Å². The van der Waals surface area contributed by atoms with E-state index in [1.807, 2.05) is 0 Å². The van der Waals surface area contributed by atoms with Crippen LogP contribution in [0.25, 0.3) is 0 Å². The first-order valence-electron chi connectivity index (χ1n) is 11.6. The SMILES string of the molecule is CC1CCC(C2CCC(C3CCC(C)CC3)C3C(C)CCC23)CC1. The van der Waals surface area contributed by atoms with Gasteiger partial charge in [-0.25, -0.2) is 0 Å². The van der Waals surface area contributed by atoms with Crippen molar-refractivity contribution >= 4 is 0 Å². The number of hydrogen-bond donors (Lipinski definition) is 0. The molecule has 138 valence electrons. The maximum Gasteiger partial charge on any atom is -0.0326 e. The van der Waals surface area contributed by atoms with E-state index in [1.165, 1.54) is 25.7 Å². The van der Waals surface area contributed by atoms with Gasteiger partial charge >= 0.3 is 0 Å². The smallest absolute Gasteiger partial charge is 0.0326 e. The molecule has 0 N–H and O–H groups in total. The van der Waals surface area contributed by atoms with Gasteiger partial charge in [-0.05, 0) is 98.2 Å². The summed E-state index contributed by atoms with van der Waals surface area (Å²) in [7, 11) is 0. The molecule has 5 unspecified atom stereocenters. The lowest BCUT2D eigenvalue weighted by Gasteiger charge is -2.49. The Kier molecular flexibility index (Phi) is 5.31. The van der Waals surface area contributed by atoms with Gasteiger partial charge in [0.25, 0.3) is 0 Å². The van der Waals surface area contributed by atoms with Gasteiger partial charge in [0.2, 0.25) is 0 Å². The fourth-order valence-electron chi connectivity index (χ4n) is 7.86. The highest BCUT2D eigenvalue weighted by atomic mass is 14.5. The van der Waals surface area contributed by atoms with E-state index in [9.17, 15) is 0 Å². The van der Waals surface area contributed by atoms with Crippen molar-refractivity contribution in [1.29, 1.82) is 0 Å². The van der Waals surface area contributed by atoms with E-state index in [4.69, 9.17) is 0 Å². The van der Waals surface area contributed by atoms with E-state index in [0.717, 1.165) is 53.3 Å². The van der Waals surface area contributed by atoms with Crippen molar-refractivity contribution in [2.24, 2.45) is 53.3 Å². The normalized spacial score (nSPS) is 52.9. The Bertz CT molecular complexity index is 396. The molecule has 0 bridgehead atoms. The second-order valence-electron chi connectivity index (χ2n) is 10.7. The minimum Gasteiger partial charge on any atom is -0.0625 e. The minimum absolute atomic E-state index is 1.01. The average Bonchev–Trinajstić information content (AvgIpc) is 2.98. The van der Waals surface area contributed by atoms with E-state index < -0.39 is 0 Å². The van der Waals surface area contributed by atoms with E-state index >= 15 is 0 Å². The topological polar surface area (TPSA) is 0 Å². The van der Waals surface area contributed by atoms with E-state index in [-0.39, 0.29) is 0 Å². The summed E-state index contributed by atoms with van der Waals surface area (Å²) in [5.74, 6) is 9.72. The number of fused-ring (bicyclic) bond motifs is 1. The molecule has 0 heteroatoms. The fraction of sp³-hybridized carbons (Fsp3) is 1.00. The van der Waals surface area contributed by atoms with Crippen molar-refractivity contribution < 1.29 is 0 Å². The molecular weight excluding hydrogens is 288 g/mol. The van der Waals surface area contributed by atoms with Gasteiger partial charge in [-0.15, -0.1) is 0 Å². The molecule has 4 saturated carbocycles. The second kappa shape index (κ2) is 7.32. The number of hydrogen-bond acceptors (Lipinski definition) is 0. The first-order chi connectivity index (χ1) is 11.6. The van der Waals surface area contributed by atoms with Crippen LogP contribution >= 0.6 is 0 Å². The predicted octanol–water partition coefficient (Wildman–Crippen LogP) is 7.33. The van der Waals surface area contributed by atoms with Crippen LogP contribution < -0.4 is 0 Å². The Hall–Kier alpha value is 0. The quantitative estimate of drug-likeness (QED) is 0.497. The van der Waals surface area contributed by atoms with Crippen LogP contribution in [0.2, 0.25) is 0 Å². The van der Waals surface area contributed by atoms with Gasteiger partial charge in [-0.2, -0.15) is 0 Å². The highest BCUT2D eigenvalue weighted by Gasteiger charge is 2.49. The average molecular weight is 331 g/mol. The molecule has 4 fully saturated rings. The van der Waals surface area contributed by atoms with Gasteiger partial charge in [0.15, 0.2) is 0 Å². The zero-order valence-electron chi connectivity index (χ0n) is 16.7. The molecule has 0 saturated heterocycles. The van der Waals surface area contributed by atoms with Crippen molar-refractivity contribution in [3.05, 3.63) is 0 Å². The van der Waals surface area contributed by atoms with Gasteiger partial charge in [-0.1, -0.05) is 52.9 Å². The van der Waals surface area contributed by atoms with Crippen LogP contribution in [0.4, 0.5) is 0 Å². The highest BCUT2D eigenvalue weighted by molar-refractivity contribution is 4.99.